The van der Waals surface area contributed by atoms with E-state index in [0.29, 0.717) is 24.5 Å². The zero-order valence-electron chi connectivity index (χ0n) is 10.3. The molecule has 0 aliphatic carbocycles. The van der Waals surface area contributed by atoms with E-state index in [9.17, 15) is 14.9 Å². The van der Waals surface area contributed by atoms with Gasteiger partial charge in [-0.05, 0) is 6.42 Å². The third kappa shape index (κ3) is 3.09. The summed E-state index contributed by atoms with van der Waals surface area (Å²) in [5, 5.41) is 20.3. The Morgan fingerprint density at radius 3 is 2.72 bits per heavy atom. The third-order valence-electron chi connectivity index (χ3n) is 2.33. The summed E-state index contributed by atoms with van der Waals surface area (Å²) in [5.41, 5.74) is 5.30. The molecular formula is C9H16N6O3. The van der Waals surface area contributed by atoms with E-state index in [4.69, 9.17) is 5.73 Å². The molecule has 1 aromatic rings. The number of nitrogens with zero attached hydrogens (tertiary/aromatic N) is 3. The molecule has 0 aliphatic heterocycles. The standard InChI is InChI=1S/C9H16N6O3/c1-3-6-7(15(17)18)8(14(2)13-6)11-4-5-12-9(10)16/h11H,3-5H2,1-2H3,(H3,10,12,16). The number of carbonyl (C=O) groups is 1. The van der Waals surface area contributed by atoms with Gasteiger partial charge in [0.05, 0.1) is 4.92 Å². The average molecular weight is 256 g/mol. The molecule has 0 unspecified atom stereocenters. The second kappa shape index (κ2) is 5.84. The highest BCUT2D eigenvalue weighted by Crippen LogP contribution is 2.27. The Labute approximate surface area is 103 Å². The van der Waals surface area contributed by atoms with Crippen molar-refractivity contribution < 1.29 is 9.72 Å². The summed E-state index contributed by atoms with van der Waals surface area (Å²) in [6.45, 7) is 2.40. The van der Waals surface area contributed by atoms with Crippen LogP contribution in [0.15, 0.2) is 0 Å². The van der Waals surface area contributed by atoms with Crippen molar-refractivity contribution in [2.24, 2.45) is 12.8 Å². The van der Waals surface area contributed by atoms with Crippen LogP contribution in [0.5, 0.6) is 0 Å². The van der Waals surface area contributed by atoms with Gasteiger partial charge in [0.1, 0.15) is 5.69 Å². The van der Waals surface area contributed by atoms with E-state index in [2.05, 4.69) is 15.7 Å². The van der Waals surface area contributed by atoms with Crippen molar-refractivity contribution in [3.8, 4) is 0 Å². The minimum atomic E-state index is -0.634. The first-order chi connectivity index (χ1) is 8.47. The molecule has 100 valence electrons. The molecule has 0 aliphatic rings. The summed E-state index contributed by atoms with van der Waals surface area (Å²) in [6.07, 6.45) is 0.478. The predicted molar refractivity (Wildman–Crippen MR) is 65.3 cm³/mol. The summed E-state index contributed by atoms with van der Waals surface area (Å²) in [6, 6.07) is -0.634. The molecule has 18 heavy (non-hydrogen) atoms. The Hall–Kier alpha value is -2.32. The van der Waals surface area contributed by atoms with Crippen LogP contribution in [0.25, 0.3) is 0 Å². The van der Waals surface area contributed by atoms with Gasteiger partial charge in [0, 0.05) is 20.1 Å². The van der Waals surface area contributed by atoms with Gasteiger partial charge < -0.3 is 16.4 Å². The van der Waals surface area contributed by atoms with Crippen LogP contribution in [0.2, 0.25) is 0 Å². The lowest BCUT2D eigenvalue weighted by Gasteiger charge is -2.06. The van der Waals surface area contributed by atoms with E-state index in [0.717, 1.165) is 0 Å². The number of hydrogen-bond donors (Lipinski definition) is 3. The quantitative estimate of drug-likeness (QED) is 0.374. The van der Waals surface area contributed by atoms with Crippen LogP contribution in [0.3, 0.4) is 0 Å². The zero-order chi connectivity index (χ0) is 13.7. The van der Waals surface area contributed by atoms with Crippen LogP contribution >= 0.6 is 0 Å². The fraction of sp³-hybridized carbons (Fsp3) is 0.556. The van der Waals surface area contributed by atoms with Crippen LogP contribution in [0, 0.1) is 10.1 Å². The summed E-state index contributed by atoms with van der Waals surface area (Å²) >= 11 is 0. The summed E-state index contributed by atoms with van der Waals surface area (Å²) in [5.74, 6) is 0.322. The number of nitro groups is 1. The van der Waals surface area contributed by atoms with Gasteiger partial charge >= 0.3 is 11.7 Å². The van der Waals surface area contributed by atoms with E-state index in [1.54, 1.807) is 14.0 Å². The molecule has 0 spiro atoms. The first-order valence-electron chi connectivity index (χ1n) is 5.44. The van der Waals surface area contributed by atoms with Crippen molar-refractivity contribution in [1.82, 2.24) is 15.1 Å². The van der Waals surface area contributed by atoms with Crippen molar-refractivity contribution in [1.29, 1.82) is 0 Å². The highest BCUT2D eigenvalue weighted by molar-refractivity contribution is 5.71. The third-order valence-corrected chi connectivity index (χ3v) is 2.33. The van der Waals surface area contributed by atoms with Gasteiger partial charge in [-0.3, -0.25) is 10.1 Å². The van der Waals surface area contributed by atoms with E-state index in [1.807, 2.05) is 0 Å². The minimum Gasteiger partial charge on any atom is -0.363 e. The van der Waals surface area contributed by atoms with Crippen molar-refractivity contribution >= 4 is 17.5 Å². The fourth-order valence-electron chi connectivity index (χ4n) is 1.56. The van der Waals surface area contributed by atoms with E-state index < -0.39 is 11.0 Å². The number of rotatable bonds is 6. The minimum absolute atomic E-state index is 0.0286. The Morgan fingerprint density at radius 2 is 2.22 bits per heavy atom. The molecule has 2 amide bonds. The van der Waals surface area contributed by atoms with E-state index in [1.165, 1.54) is 4.68 Å². The molecule has 1 rings (SSSR count). The van der Waals surface area contributed by atoms with Gasteiger partial charge in [0.2, 0.25) is 5.82 Å². The summed E-state index contributed by atoms with van der Waals surface area (Å²) in [7, 11) is 1.62. The summed E-state index contributed by atoms with van der Waals surface area (Å²) in [4.78, 5) is 21.0. The largest absolute Gasteiger partial charge is 0.363 e. The van der Waals surface area contributed by atoms with Crippen molar-refractivity contribution in [2.45, 2.75) is 13.3 Å². The smallest absolute Gasteiger partial charge is 0.333 e. The van der Waals surface area contributed by atoms with Gasteiger partial charge in [0.25, 0.3) is 0 Å². The molecule has 9 heteroatoms. The second-order valence-electron chi connectivity index (χ2n) is 3.60. The molecular weight excluding hydrogens is 240 g/mol. The molecule has 0 saturated carbocycles. The molecule has 4 N–H and O–H groups in total. The van der Waals surface area contributed by atoms with Crippen molar-refractivity contribution in [2.75, 3.05) is 18.4 Å². The van der Waals surface area contributed by atoms with Crippen LogP contribution in [0.1, 0.15) is 12.6 Å². The highest BCUT2D eigenvalue weighted by Gasteiger charge is 2.24. The number of urea groups is 1. The predicted octanol–water partition coefficient (Wildman–Crippen LogP) is -0.0291. The lowest BCUT2D eigenvalue weighted by atomic mass is 10.3. The molecule has 0 saturated heterocycles. The molecule has 1 aromatic heterocycles. The number of anilines is 1. The van der Waals surface area contributed by atoms with Crippen molar-refractivity contribution in [3.05, 3.63) is 15.8 Å². The summed E-state index contributed by atoms with van der Waals surface area (Å²) < 4.78 is 1.42. The molecule has 1 heterocycles. The van der Waals surface area contributed by atoms with Crippen LogP contribution < -0.4 is 16.4 Å². The first-order valence-corrected chi connectivity index (χ1v) is 5.44. The van der Waals surface area contributed by atoms with Gasteiger partial charge in [0.15, 0.2) is 0 Å². The van der Waals surface area contributed by atoms with E-state index >= 15 is 0 Å². The van der Waals surface area contributed by atoms with Gasteiger partial charge in [-0.15, -0.1) is 0 Å². The Balaban J connectivity index is 2.78. The van der Waals surface area contributed by atoms with Crippen LogP contribution in [0.4, 0.5) is 16.3 Å². The van der Waals surface area contributed by atoms with Crippen LogP contribution in [-0.4, -0.2) is 33.8 Å². The average Bonchev–Trinajstić information content (AvgIpc) is 2.61. The van der Waals surface area contributed by atoms with Gasteiger partial charge in [-0.1, -0.05) is 6.92 Å². The molecule has 0 radical (unpaired) electrons. The topological polar surface area (TPSA) is 128 Å². The highest BCUT2D eigenvalue weighted by atomic mass is 16.6. The molecule has 0 fully saturated rings. The van der Waals surface area contributed by atoms with Gasteiger partial charge in [-0.25, -0.2) is 9.48 Å². The molecule has 0 aromatic carbocycles. The second-order valence-corrected chi connectivity index (χ2v) is 3.60. The lowest BCUT2D eigenvalue weighted by molar-refractivity contribution is -0.384. The molecule has 9 nitrogen and oxygen atoms in total. The SMILES string of the molecule is CCc1nn(C)c(NCCNC(N)=O)c1[N+](=O)[O-]. The number of aromatic nitrogens is 2. The van der Waals surface area contributed by atoms with E-state index in [-0.39, 0.29) is 12.2 Å². The monoisotopic (exact) mass is 256 g/mol. The lowest BCUT2D eigenvalue weighted by Crippen LogP contribution is -2.33. The maximum atomic E-state index is 11.0. The van der Waals surface area contributed by atoms with Crippen molar-refractivity contribution in [3.63, 3.8) is 0 Å². The maximum Gasteiger partial charge on any atom is 0.333 e. The number of aryl methyl sites for hydroxylation is 2. The maximum absolute atomic E-state index is 11.0. The number of nitrogens with one attached hydrogen (secondary N) is 2. The van der Waals surface area contributed by atoms with Gasteiger partial charge in [-0.2, -0.15) is 5.10 Å². The normalized spacial score (nSPS) is 10.1. The molecule has 0 atom stereocenters. The number of hydrogen-bond acceptors (Lipinski definition) is 5. The number of amides is 2. The fourth-order valence-corrected chi connectivity index (χ4v) is 1.56. The first kappa shape index (κ1) is 13.7. The number of nitrogens with two attached hydrogens (primary N) is 1. The van der Waals surface area contributed by atoms with Crippen LogP contribution in [-0.2, 0) is 13.5 Å². The molecule has 0 bridgehead atoms. The Morgan fingerprint density at radius 1 is 1.56 bits per heavy atom. The zero-order valence-corrected chi connectivity index (χ0v) is 10.3. The Kier molecular flexibility index (Phi) is 4.46. The number of carbonyl (C=O) groups excluding carboxylic acids is 1. The Bertz CT molecular complexity index is 455. The number of primary amides is 1.